The maximum atomic E-state index is 12.2. The van der Waals surface area contributed by atoms with Crippen molar-refractivity contribution in [3.8, 4) is 5.75 Å². The van der Waals surface area contributed by atoms with Gasteiger partial charge in [0.05, 0.1) is 12.8 Å². The van der Waals surface area contributed by atoms with E-state index in [2.05, 4.69) is 5.32 Å². The van der Waals surface area contributed by atoms with Gasteiger partial charge in [-0.1, -0.05) is 29.8 Å². The van der Waals surface area contributed by atoms with Crippen LogP contribution in [0.1, 0.15) is 22.8 Å². The summed E-state index contributed by atoms with van der Waals surface area (Å²) in [5.74, 6) is 0.365. The van der Waals surface area contributed by atoms with E-state index in [9.17, 15) is 9.59 Å². The SMILES string of the molecule is COc1ccccc1N(CCNC(=O)c1cccc(C)c1)C(C)=O. The summed E-state index contributed by atoms with van der Waals surface area (Å²) >= 11 is 0. The van der Waals surface area contributed by atoms with E-state index in [0.717, 1.165) is 5.56 Å². The van der Waals surface area contributed by atoms with Crippen LogP contribution in [0.25, 0.3) is 0 Å². The van der Waals surface area contributed by atoms with Crippen molar-refractivity contribution in [3.63, 3.8) is 0 Å². The largest absolute Gasteiger partial charge is 0.495 e. The number of para-hydroxylation sites is 2. The summed E-state index contributed by atoms with van der Waals surface area (Å²) in [4.78, 5) is 25.7. The second kappa shape index (κ2) is 8.15. The third-order valence-electron chi connectivity index (χ3n) is 3.66. The van der Waals surface area contributed by atoms with Crippen molar-refractivity contribution >= 4 is 17.5 Å². The number of nitrogens with zero attached hydrogens (tertiary/aromatic N) is 1. The molecule has 2 rings (SSSR count). The Bertz CT molecular complexity index is 728. The van der Waals surface area contributed by atoms with Crippen molar-refractivity contribution in [1.82, 2.24) is 5.32 Å². The molecule has 0 fully saturated rings. The summed E-state index contributed by atoms with van der Waals surface area (Å²) in [5, 5.41) is 2.85. The highest BCUT2D eigenvalue weighted by molar-refractivity contribution is 5.95. The molecule has 126 valence electrons. The zero-order chi connectivity index (χ0) is 17.5. The van der Waals surface area contributed by atoms with Crippen LogP contribution in [0.3, 0.4) is 0 Å². The molecule has 0 unspecified atom stereocenters. The van der Waals surface area contributed by atoms with Crippen LogP contribution in [0.4, 0.5) is 5.69 Å². The van der Waals surface area contributed by atoms with Crippen LogP contribution < -0.4 is 15.0 Å². The van der Waals surface area contributed by atoms with Gasteiger partial charge in [-0.2, -0.15) is 0 Å². The van der Waals surface area contributed by atoms with Crippen LogP contribution in [0, 0.1) is 6.92 Å². The van der Waals surface area contributed by atoms with Crippen molar-refractivity contribution in [3.05, 3.63) is 59.7 Å². The number of benzene rings is 2. The Morgan fingerprint density at radius 1 is 1.12 bits per heavy atom. The number of amides is 2. The normalized spacial score (nSPS) is 10.1. The van der Waals surface area contributed by atoms with E-state index < -0.39 is 0 Å². The Morgan fingerprint density at radius 3 is 2.54 bits per heavy atom. The molecule has 0 aromatic heterocycles. The van der Waals surface area contributed by atoms with Gasteiger partial charge in [0, 0.05) is 25.6 Å². The van der Waals surface area contributed by atoms with Gasteiger partial charge >= 0.3 is 0 Å². The van der Waals surface area contributed by atoms with Crippen molar-refractivity contribution in [2.45, 2.75) is 13.8 Å². The highest BCUT2D eigenvalue weighted by Gasteiger charge is 2.16. The molecule has 5 nitrogen and oxygen atoms in total. The summed E-state index contributed by atoms with van der Waals surface area (Å²) in [6.45, 7) is 4.16. The number of rotatable bonds is 6. The number of nitrogens with one attached hydrogen (secondary N) is 1. The molecule has 0 aliphatic rings. The van der Waals surface area contributed by atoms with Gasteiger partial charge in [-0.05, 0) is 31.2 Å². The lowest BCUT2D eigenvalue weighted by molar-refractivity contribution is -0.116. The minimum absolute atomic E-state index is 0.107. The first-order valence-corrected chi connectivity index (χ1v) is 7.79. The zero-order valence-electron chi connectivity index (χ0n) is 14.2. The molecule has 1 N–H and O–H groups in total. The molecular formula is C19H22N2O3. The number of aryl methyl sites for hydroxylation is 1. The highest BCUT2D eigenvalue weighted by Crippen LogP contribution is 2.27. The minimum Gasteiger partial charge on any atom is -0.495 e. The van der Waals surface area contributed by atoms with Crippen LogP contribution in [-0.2, 0) is 4.79 Å². The van der Waals surface area contributed by atoms with E-state index in [1.165, 1.54) is 6.92 Å². The fourth-order valence-corrected chi connectivity index (χ4v) is 2.47. The van der Waals surface area contributed by atoms with Crippen molar-refractivity contribution < 1.29 is 14.3 Å². The summed E-state index contributed by atoms with van der Waals surface area (Å²) in [5.41, 5.74) is 2.33. The fourth-order valence-electron chi connectivity index (χ4n) is 2.47. The van der Waals surface area contributed by atoms with Crippen LogP contribution in [0.2, 0.25) is 0 Å². The first kappa shape index (κ1) is 17.5. The van der Waals surface area contributed by atoms with Crippen LogP contribution in [-0.4, -0.2) is 32.0 Å². The van der Waals surface area contributed by atoms with Gasteiger partial charge in [-0.15, -0.1) is 0 Å². The first-order chi connectivity index (χ1) is 11.5. The minimum atomic E-state index is -0.151. The van der Waals surface area contributed by atoms with E-state index in [0.29, 0.717) is 30.1 Å². The predicted octanol–water partition coefficient (Wildman–Crippen LogP) is 2.79. The van der Waals surface area contributed by atoms with E-state index in [4.69, 9.17) is 4.74 Å². The van der Waals surface area contributed by atoms with Gasteiger partial charge in [0.1, 0.15) is 5.75 Å². The third kappa shape index (κ3) is 4.35. The molecule has 0 saturated heterocycles. The lowest BCUT2D eigenvalue weighted by atomic mass is 10.1. The molecular weight excluding hydrogens is 304 g/mol. The number of methoxy groups -OCH3 is 1. The van der Waals surface area contributed by atoms with E-state index in [1.54, 1.807) is 24.1 Å². The Morgan fingerprint density at radius 2 is 1.88 bits per heavy atom. The van der Waals surface area contributed by atoms with Gasteiger partial charge in [0.15, 0.2) is 0 Å². The lowest BCUT2D eigenvalue weighted by Gasteiger charge is -2.23. The molecule has 0 atom stereocenters. The molecule has 0 aliphatic carbocycles. The third-order valence-corrected chi connectivity index (χ3v) is 3.66. The van der Waals surface area contributed by atoms with Gasteiger partial charge in [-0.25, -0.2) is 0 Å². The second-order valence-electron chi connectivity index (χ2n) is 5.47. The summed E-state index contributed by atoms with van der Waals surface area (Å²) < 4.78 is 5.31. The van der Waals surface area contributed by atoms with E-state index in [-0.39, 0.29) is 11.8 Å². The van der Waals surface area contributed by atoms with Crippen molar-refractivity contribution in [2.24, 2.45) is 0 Å². The molecule has 2 amide bonds. The van der Waals surface area contributed by atoms with Gasteiger partial charge in [0.2, 0.25) is 5.91 Å². The second-order valence-corrected chi connectivity index (χ2v) is 5.47. The molecule has 0 radical (unpaired) electrons. The maximum Gasteiger partial charge on any atom is 0.251 e. The quantitative estimate of drug-likeness (QED) is 0.888. The number of ether oxygens (including phenoxy) is 1. The van der Waals surface area contributed by atoms with E-state index >= 15 is 0 Å². The first-order valence-electron chi connectivity index (χ1n) is 7.79. The molecule has 0 saturated carbocycles. The van der Waals surface area contributed by atoms with Crippen molar-refractivity contribution in [2.75, 3.05) is 25.1 Å². The Balaban J connectivity index is 2.02. The molecule has 2 aromatic carbocycles. The smallest absolute Gasteiger partial charge is 0.251 e. The number of hydrogen-bond acceptors (Lipinski definition) is 3. The van der Waals surface area contributed by atoms with Gasteiger partial charge < -0.3 is 15.0 Å². The Labute approximate surface area is 142 Å². The topological polar surface area (TPSA) is 58.6 Å². The zero-order valence-corrected chi connectivity index (χ0v) is 14.2. The highest BCUT2D eigenvalue weighted by atomic mass is 16.5. The average Bonchev–Trinajstić information content (AvgIpc) is 2.58. The summed E-state index contributed by atoms with van der Waals surface area (Å²) in [6, 6.07) is 14.7. The average molecular weight is 326 g/mol. The molecule has 0 bridgehead atoms. The van der Waals surface area contributed by atoms with Gasteiger partial charge in [-0.3, -0.25) is 9.59 Å². The molecule has 24 heavy (non-hydrogen) atoms. The molecule has 2 aromatic rings. The van der Waals surface area contributed by atoms with Gasteiger partial charge in [0.25, 0.3) is 5.91 Å². The molecule has 5 heteroatoms. The molecule has 0 heterocycles. The lowest BCUT2D eigenvalue weighted by Crippen LogP contribution is -2.37. The monoisotopic (exact) mass is 326 g/mol. The fraction of sp³-hybridized carbons (Fsp3) is 0.263. The van der Waals surface area contributed by atoms with Crippen LogP contribution >= 0.6 is 0 Å². The number of hydrogen-bond donors (Lipinski definition) is 1. The van der Waals surface area contributed by atoms with Crippen LogP contribution in [0.5, 0.6) is 5.75 Å². The molecule has 0 aliphatic heterocycles. The number of anilines is 1. The standard InChI is InChI=1S/C19H22N2O3/c1-14-7-6-8-16(13-14)19(23)20-11-12-21(15(2)22)17-9-4-5-10-18(17)24-3/h4-10,13H,11-12H2,1-3H3,(H,20,23). The number of carbonyl (C=O) groups is 2. The van der Waals surface area contributed by atoms with Crippen LogP contribution in [0.15, 0.2) is 48.5 Å². The number of carbonyl (C=O) groups excluding carboxylic acids is 2. The van der Waals surface area contributed by atoms with Crippen molar-refractivity contribution in [1.29, 1.82) is 0 Å². The Hall–Kier alpha value is -2.82. The predicted molar refractivity (Wildman–Crippen MR) is 94.5 cm³/mol. The van der Waals surface area contributed by atoms with E-state index in [1.807, 2.05) is 43.3 Å². The summed E-state index contributed by atoms with van der Waals surface area (Å²) in [7, 11) is 1.57. The molecule has 0 spiro atoms. The Kier molecular flexibility index (Phi) is 5.95. The summed E-state index contributed by atoms with van der Waals surface area (Å²) in [6.07, 6.45) is 0. The maximum absolute atomic E-state index is 12.2.